The van der Waals surface area contributed by atoms with Crippen LogP contribution in [0, 0.1) is 6.92 Å². The van der Waals surface area contributed by atoms with Crippen LogP contribution in [-0.2, 0) is 16.1 Å². The van der Waals surface area contributed by atoms with Crippen molar-refractivity contribution in [3.8, 4) is 28.5 Å². The molecule has 2 aromatic heterocycles. The maximum absolute atomic E-state index is 11.9. The fourth-order valence-corrected chi connectivity index (χ4v) is 3.09. The fourth-order valence-electron chi connectivity index (χ4n) is 2.71. The number of aromatic nitrogens is 3. The standard InChI is InChI=1S/C21H16BrN3O5/c1-13-19(20(25-30-13)14-6-3-2-4-7-14)21-24-23-17(29-21)11-28-18(26)12-27-16-9-5-8-15(22)10-16/h2-10H,11-12H2,1H3. The first-order valence-corrected chi connectivity index (χ1v) is 9.78. The second-order valence-corrected chi connectivity index (χ2v) is 7.15. The monoisotopic (exact) mass is 469 g/mol. The van der Waals surface area contributed by atoms with Crippen LogP contribution in [-0.4, -0.2) is 27.9 Å². The first-order valence-electron chi connectivity index (χ1n) is 8.98. The maximum atomic E-state index is 11.9. The first-order chi connectivity index (χ1) is 14.6. The summed E-state index contributed by atoms with van der Waals surface area (Å²) in [7, 11) is 0. The SMILES string of the molecule is Cc1onc(-c2ccccc2)c1-c1nnc(COC(=O)COc2cccc(Br)c2)o1. The summed E-state index contributed by atoms with van der Waals surface area (Å²) in [6.45, 7) is 1.36. The third-order valence-corrected chi connectivity index (χ3v) is 4.59. The number of hydrogen-bond acceptors (Lipinski definition) is 8. The van der Waals surface area contributed by atoms with Crippen molar-refractivity contribution >= 4 is 21.9 Å². The van der Waals surface area contributed by atoms with Gasteiger partial charge in [0, 0.05) is 10.0 Å². The van der Waals surface area contributed by atoms with E-state index in [0.717, 1.165) is 10.0 Å². The van der Waals surface area contributed by atoms with Gasteiger partial charge in [-0.2, -0.15) is 0 Å². The molecule has 4 aromatic rings. The summed E-state index contributed by atoms with van der Waals surface area (Å²) >= 11 is 3.34. The summed E-state index contributed by atoms with van der Waals surface area (Å²) in [5, 5.41) is 12.1. The molecule has 0 saturated carbocycles. The van der Waals surface area contributed by atoms with E-state index in [-0.39, 0.29) is 25.0 Å². The third kappa shape index (κ3) is 4.57. The van der Waals surface area contributed by atoms with Gasteiger partial charge in [-0.1, -0.05) is 57.5 Å². The Hall–Kier alpha value is -3.46. The summed E-state index contributed by atoms with van der Waals surface area (Å²) < 4.78 is 22.4. The van der Waals surface area contributed by atoms with Gasteiger partial charge in [0.05, 0.1) is 0 Å². The zero-order valence-corrected chi connectivity index (χ0v) is 17.5. The van der Waals surface area contributed by atoms with Gasteiger partial charge in [-0.05, 0) is 25.1 Å². The van der Waals surface area contributed by atoms with Gasteiger partial charge in [-0.15, -0.1) is 10.2 Å². The molecule has 0 aliphatic rings. The van der Waals surface area contributed by atoms with Crippen LogP contribution in [0.25, 0.3) is 22.7 Å². The minimum Gasteiger partial charge on any atom is -0.482 e. The number of benzene rings is 2. The van der Waals surface area contributed by atoms with E-state index in [1.165, 1.54) is 0 Å². The van der Waals surface area contributed by atoms with Gasteiger partial charge in [0.15, 0.2) is 13.2 Å². The molecule has 8 nitrogen and oxygen atoms in total. The van der Waals surface area contributed by atoms with Crippen molar-refractivity contribution in [3.63, 3.8) is 0 Å². The predicted molar refractivity (Wildman–Crippen MR) is 109 cm³/mol. The molecule has 0 radical (unpaired) electrons. The van der Waals surface area contributed by atoms with E-state index in [4.69, 9.17) is 18.4 Å². The minimum atomic E-state index is -0.555. The lowest BCUT2D eigenvalue weighted by atomic mass is 10.1. The van der Waals surface area contributed by atoms with Gasteiger partial charge in [-0.25, -0.2) is 4.79 Å². The molecule has 0 aliphatic carbocycles. The van der Waals surface area contributed by atoms with Crippen LogP contribution >= 0.6 is 15.9 Å². The van der Waals surface area contributed by atoms with Crippen LogP contribution in [0.4, 0.5) is 0 Å². The van der Waals surface area contributed by atoms with E-state index in [2.05, 4.69) is 31.3 Å². The Labute approximate surface area is 179 Å². The average molecular weight is 470 g/mol. The number of halogens is 1. The molecule has 0 spiro atoms. The maximum Gasteiger partial charge on any atom is 0.344 e. The highest BCUT2D eigenvalue weighted by Gasteiger charge is 2.22. The molecule has 0 unspecified atom stereocenters. The van der Waals surface area contributed by atoms with Crippen LogP contribution in [0.15, 0.2) is 68.0 Å². The van der Waals surface area contributed by atoms with Crippen LogP contribution in [0.2, 0.25) is 0 Å². The minimum absolute atomic E-state index is 0.153. The lowest BCUT2D eigenvalue weighted by molar-refractivity contribution is -0.148. The molecule has 0 aliphatic heterocycles. The lowest BCUT2D eigenvalue weighted by Crippen LogP contribution is -2.14. The highest BCUT2D eigenvalue weighted by molar-refractivity contribution is 9.10. The number of aryl methyl sites for hydroxylation is 1. The van der Waals surface area contributed by atoms with Crippen LogP contribution < -0.4 is 4.74 Å². The van der Waals surface area contributed by atoms with E-state index >= 15 is 0 Å². The zero-order valence-electron chi connectivity index (χ0n) is 15.9. The summed E-state index contributed by atoms with van der Waals surface area (Å²) in [5.74, 6) is 0.937. The van der Waals surface area contributed by atoms with Crippen molar-refractivity contribution in [2.24, 2.45) is 0 Å². The third-order valence-electron chi connectivity index (χ3n) is 4.10. The van der Waals surface area contributed by atoms with E-state index in [0.29, 0.717) is 22.8 Å². The summed E-state index contributed by atoms with van der Waals surface area (Å²) in [6, 6.07) is 16.7. The van der Waals surface area contributed by atoms with Crippen LogP contribution in [0.1, 0.15) is 11.7 Å². The van der Waals surface area contributed by atoms with Crippen LogP contribution in [0.3, 0.4) is 0 Å². The Bertz CT molecular complexity index is 1160. The molecule has 9 heteroatoms. The van der Waals surface area contributed by atoms with E-state index < -0.39 is 5.97 Å². The van der Waals surface area contributed by atoms with Gasteiger partial charge in [-0.3, -0.25) is 0 Å². The fraction of sp³-hybridized carbons (Fsp3) is 0.143. The Morgan fingerprint density at radius 3 is 2.73 bits per heavy atom. The summed E-state index contributed by atoms with van der Waals surface area (Å²) in [4.78, 5) is 11.9. The Morgan fingerprint density at radius 2 is 1.93 bits per heavy atom. The average Bonchev–Trinajstić information content (AvgIpc) is 3.37. The number of hydrogen-bond donors (Lipinski definition) is 0. The highest BCUT2D eigenvalue weighted by Crippen LogP contribution is 2.33. The van der Waals surface area contributed by atoms with Crippen molar-refractivity contribution in [1.29, 1.82) is 0 Å². The molecular weight excluding hydrogens is 454 g/mol. The van der Waals surface area contributed by atoms with Crippen LogP contribution in [0.5, 0.6) is 5.75 Å². The van der Waals surface area contributed by atoms with E-state index in [1.54, 1.807) is 25.1 Å². The van der Waals surface area contributed by atoms with Crippen molar-refractivity contribution in [3.05, 3.63) is 70.7 Å². The zero-order chi connectivity index (χ0) is 20.9. The highest BCUT2D eigenvalue weighted by atomic mass is 79.9. The normalized spacial score (nSPS) is 10.7. The molecule has 0 amide bonds. The Morgan fingerprint density at radius 1 is 1.10 bits per heavy atom. The quantitative estimate of drug-likeness (QED) is 0.362. The molecule has 0 atom stereocenters. The number of rotatable bonds is 7. The molecular formula is C21H16BrN3O5. The largest absolute Gasteiger partial charge is 0.482 e. The van der Waals surface area contributed by atoms with Gasteiger partial charge in [0.25, 0.3) is 11.8 Å². The molecule has 2 aromatic carbocycles. The Balaban J connectivity index is 1.39. The summed E-state index contributed by atoms with van der Waals surface area (Å²) in [5.41, 5.74) is 2.06. The number of ether oxygens (including phenoxy) is 2. The molecule has 0 bridgehead atoms. The molecule has 30 heavy (non-hydrogen) atoms. The van der Waals surface area contributed by atoms with E-state index in [9.17, 15) is 4.79 Å². The number of esters is 1. The Kier molecular flexibility index (Phi) is 5.89. The lowest BCUT2D eigenvalue weighted by Gasteiger charge is -2.05. The molecule has 2 heterocycles. The summed E-state index contributed by atoms with van der Waals surface area (Å²) in [6.07, 6.45) is 0. The van der Waals surface area contributed by atoms with Gasteiger partial charge >= 0.3 is 5.97 Å². The molecule has 4 rings (SSSR count). The molecule has 0 fully saturated rings. The van der Waals surface area contributed by atoms with Gasteiger partial charge in [0.2, 0.25) is 0 Å². The molecule has 0 N–H and O–H groups in total. The molecule has 152 valence electrons. The van der Waals surface area contributed by atoms with Crippen molar-refractivity contribution in [1.82, 2.24) is 15.4 Å². The number of nitrogens with zero attached hydrogens (tertiary/aromatic N) is 3. The van der Waals surface area contributed by atoms with Gasteiger partial charge < -0.3 is 18.4 Å². The van der Waals surface area contributed by atoms with E-state index in [1.807, 2.05) is 36.4 Å². The van der Waals surface area contributed by atoms with Crippen molar-refractivity contribution in [2.75, 3.05) is 6.61 Å². The first kappa shape index (κ1) is 19.8. The second kappa shape index (κ2) is 8.91. The topological polar surface area (TPSA) is 100 Å². The van der Waals surface area contributed by atoms with Crippen molar-refractivity contribution < 1.29 is 23.2 Å². The van der Waals surface area contributed by atoms with Gasteiger partial charge in [0.1, 0.15) is 22.8 Å². The predicted octanol–water partition coefficient (Wildman–Crippen LogP) is 4.58. The number of carbonyl (C=O) groups excluding carboxylic acids is 1. The second-order valence-electron chi connectivity index (χ2n) is 6.24. The molecule has 0 saturated heterocycles. The number of carbonyl (C=O) groups is 1. The smallest absolute Gasteiger partial charge is 0.344 e. The van der Waals surface area contributed by atoms with Crippen molar-refractivity contribution in [2.45, 2.75) is 13.5 Å².